The van der Waals surface area contributed by atoms with Gasteiger partial charge < -0.3 is 9.64 Å². The Balaban J connectivity index is 1.69. The molecule has 4 aromatic carbocycles. The molecule has 0 spiro atoms. The number of anilines is 1. The molecular formula is C30H21F5N2O2. The number of aliphatic imine (C=N–C) groups is 1. The molecule has 1 atom stereocenters. The van der Waals surface area contributed by atoms with E-state index in [1.54, 1.807) is 42.5 Å². The normalized spacial score (nSPS) is 15.0. The van der Waals surface area contributed by atoms with Crippen molar-refractivity contribution in [2.45, 2.75) is 18.6 Å². The molecule has 0 bridgehead atoms. The summed E-state index contributed by atoms with van der Waals surface area (Å²) in [7, 11) is 1.20. The second kappa shape index (κ2) is 10.3. The number of ether oxygens (including phenoxy) is 1. The molecule has 0 aromatic heterocycles. The number of nitrogens with zero attached hydrogens (tertiary/aromatic N) is 2. The lowest BCUT2D eigenvalue weighted by atomic mass is 9.94. The largest absolute Gasteiger partial charge is 0.469 e. The Labute approximate surface area is 221 Å². The molecule has 0 saturated heterocycles. The summed E-state index contributed by atoms with van der Waals surface area (Å²) in [5.41, 5.74) is 1.32. The average molecular weight is 537 g/mol. The van der Waals surface area contributed by atoms with Gasteiger partial charge in [0.05, 0.1) is 25.1 Å². The van der Waals surface area contributed by atoms with Crippen LogP contribution < -0.4 is 4.90 Å². The summed E-state index contributed by atoms with van der Waals surface area (Å²) in [5.74, 6) is -1.52. The minimum Gasteiger partial charge on any atom is -0.469 e. The fraction of sp³-hybridized carbons (Fsp3) is 0.133. The van der Waals surface area contributed by atoms with Crippen LogP contribution in [0.3, 0.4) is 0 Å². The number of para-hydroxylation sites is 1. The van der Waals surface area contributed by atoms with Crippen molar-refractivity contribution in [2.24, 2.45) is 4.99 Å². The van der Waals surface area contributed by atoms with Gasteiger partial charge in [0.15, 0.2) is 0 Å². The Morgan fingerprint density at radius 3 is 2.26 bits per heavy atom. The van der Waals surface area contributed by atoms with E-state index in [0.29, 0.717) is 22.3 Å². The van der Waals surface area contributed by atoms with Crippen molar-refractivity contribution >= 4 is 23.2 Å². The molecule has 0 amide bonds. The number of rotatable bonds is 5. The summed E-state index contributed by atoms with van der Waals surface area (Å²) < 4.78 is 74.6. The van der Waals surface area contributed by atoms with Crippen molar-refractivity contribution < 1.29 is 31.5 Å². The molecule has 1 aliphatic rings. The molecule has 4 aromatic rings. The van der Waals surface area contributed by atoms with Crippen LogP contribution in [0.5, 0.6) is 0 Å². The Morgan fingerprint density at radius 1 is 0.872 bits per heavy atom. The first-order valence-corrected chi connectivity index (χ1v) is 11.9. The van der Waals surface area contributed by atoms with Gasteiger partial charge in [0.2, 0.25) is 0 Å². The lowest BCUT2D eigenvalue weighted by molar-refractivity contribution is -0.141. The Bertz CT molecular complexity index is 1560. The minimum absolute atomic E-state index is 0.0150. The zero-order chi connectivity index (χ0) is 27.7. The van der Waals surface area contributed by atoms with E-state index in [1.165, 1.54) is 48.4 Å². The average Bonchev–Trinajstić information content (AvgIpc) is 2.93. The van der Waals surface area contributed by atoms with Crippen LogP contribution in [0, 0.1) is 11.6 Å². The van der Waals surface area contributed by atoms with Crippen LogP contribution in [0.4, 0.5) is 33.3 Å². The molecule has 0 N–H and O–H groups in total. The van der Waals surface area contributed by atoms with Crippen LogP contribution >= 0.6 is 0 Å². The van der Waals surface area contributed by atoms with E-state index < -0.39 is 35.4 Å². The molecule has 39 heavy (non-hydrogen) atoms. The van der Waals surface area contributed by atoms with E-state index in [2.05, 4.69) is 4.99 Å². The van der Waals surface area contributed by atoms with Gasteiger partial charge in [0.25, 0.3) is 0 Å². The van der Waals surface area contributed by atoms with E-state index in [1.807, 2.05) is 0 Å². The van der Waals surface area contributed by atoms with Gasteiger partial charge in [0.1, 0.15) is 23.2 Å². The molecule has 0 aliphatic carbocycles. The quantitative estimate of drug-likeness (QED) is 0.193. The predicted molar refractivity (Wildman–Crippen MR) is 138 cm³/mol. The van der Waals surface area contributed by atoms with Crippen molar-refractivity contribution in [2.75, 3.05) is 12.0 Å². The summed E-state index contributed by atoms with van der Waals surface area (Å²) >= 11 is 0. The number of hydrogen-bond donors (Lipinski definition) is 0. The number of methoxy groups -OCH3 is 1. The van der Waals surface area contributed by atoms with Gasteiger partial charge in [0, 0.05) is 16.8 Å². The molecule has 5 rings (SSSR count). The molecule has 0 saturated carbocycles. The van der Waals surface area contributed by atoms with Crippen molar-refractivity contribution in [3.8, 4) is 11.1 Å². The number of esters is 1. The lowest BCUT2D eigenvalue weighted by Crippen LogP contribution is -2.39. The maximum atomic E-state index is 15.0. The van der Waals surface area contributed by atoms with Gasteiger partial charge in [-0.15, -0.1) is 0 Å². The Hall–Kier alpha value is -4.53. The number of hydrogen-bond acceptors (Lipinski definition) is 4. The number of halogens is 5. The molecule has 1 aliphatic heterocycles. The first kappa shape index (κ1) is 26.1. The Kier molecular flexibility index (Phi) is 6.91. The maximum absolute atomic E-state index is 15.0. The van der Waals surface area contributed by atoms with Crippen molar-refractivity contribution in [1.82, 2.24) is 0 Å². The monoisotopic (exact) mass is 536 g/mol. The summed E-state index contributed by atoms with van der Waals surface area (Å²) in [4.78, 5) is 18.5. The minimum atomic E-state index is -4.61. The molecule has 0 radical (unpaired) electrons. The second-order valence-corrected chi connectivity index (χ2v) is 8.91. The van der Waals surface area contributed by atoms with Gasteiger partial charge in [-0.25, -0.2) is 13.8 Å². The number of carbonyl (C=O) groups excluding carboxylic acids is 1. The number of carbonyl (C=O) groups is 1. The first-order valence-electron chi connectivity index (χ1n) is 11.9. The highest BCUT2D eigenvalue weighted by atomic mass is 19.4. The summed E-state index contributed by atoms with van der Waals surface area (Å²) in [6.45, 7) is 0. The third-order valence-corrected chi connectivity index (χ3v) is 6.47. The Morgan fingerprint density at radius 2 is 1.56 bits per heavy atom. The zero-order valence-corrected chi connectivity index (χ0v) is 20.5. The molecular weight excluding hydrogens is 515 g/mol. The predicted octanol–water partition coefficient (Wildman–Crippen LogP) is 7.85. The van der Waals surface area contributed by atoms with Gasteiger partial charge in [-0.1, -0.05) is 54.6 Å². The molecule has 9 heteroatoms. The van der Waals surface area contributed by atoms with Gasteiger partial charge in [-0.3, -0.25) is 4.79 Å². The third-order valence-electron chi connectivity index (χ3n) is 6.47. The van der Waals surface area contributed by atoms with Crippen LogP contribution in [-0.4, -0.2) is 18.9 Å². The molecule has 1 unspecified atom stereocenters. The fourth-order valence-corrected chi connectivity index (χ4v) is 4.63. The number of benzene rings is 4. The van der Waals surface area contributed by atoms with E-state index in [9.17, 15) is 22.4 Å². The second-order valence-electron chi connectivity index (χ2n) is 8.91. The summed E-state index contributed by atoms with van der Waals surface area (Å²) in [6.07, 6.45) is -4.89. The first-order chi connectivity index (χ1) is 18.7. The van der Waals surface area contributed by atoms with Gasteiger partial charge in [-0.2, -0.15) is 13.2 Å². The molecule has 1 heterocycles. The summed E-state index contributed by atoms with van der Waals surface area (Å²) in [6, 6.07) is 20.8. The molecule has 198 valence electrons. The zero-order valence-electron chi connectivity index (χ0n) is 20.5. The van der Waals surface area contributed by atoms with E-state index >= 15 is 4.39 Å². The van der Waals surface area contributed by atoms with E-state index in [0.717, 1.165) is 12.1 Å². The fourth-order valence-electron chi connectivity index (χ4n) is 4.63. The standard InChI is InChI=1S/C30H21F5N2O2/c1-39-27(38)17-26-24-9-4-10-25(32)28(24)36-29(37(26)23-8-3-6-21(16-23)30(33,34)35)19-13-11-18(12-14-19)20-5-2-7-22(31)15-20/h2-16,26H,17H2,1H3. The van der Waals surface area contributed by atoms with E-state index in [4.69, 9.17) is 4.74 Å². The van der Waals surface area contributed by atoms with Crippen LogP contribution in [0.25, 0.3) is 11.1 Å². The van der Waals surface area contributed by atoms with Gasteiger partial charge >= 0.3 is 12.1 Å². The highest BCUT2D eigenvalue weighted by molar-refractivity contribution is 6.13. The number of alkyl halides is 3. The maximum Gasteiger partial charge on any atom is 0.416 e. The van der Waals surface area contributed by atoms with E-state index in [-0.39, 0.29) is 23.6 Å². The highest BCUT2D eigenvalue weighted by Gasteiger charge is 2.37. The van der Waals surface area contributed by atoms with Crippen molar-refractivity contribution in [3.63, 3.8) is 0 Å². The number of fused-ring (bicyclic) bond motifs is 1. The smallest absolute Gasteiger partial charge is 0.416 e. The molecule has 0 fully saturated rings. The lowest BCUT2D eigenvalue weighted by Gasteiger charge is -2.38. The van der Waals surface area contributed by atoms with Crippen molar-refractivity contribution in [1.29, 1.82) is 0 Å². The van der Waals surface area contributed by atoms with Crippen LogP contribution in [-0.2, 0) is 15.7 Å². The number of amidine groups is 1. The highest BCUT2D eigenvalue weighted by Crippen LogP contribution is 2.43. The van der Waals surface area contributed by atoms with Crippen molar-refractivity contribution in [3.05, 3.63) is 119 Å². The van der Waals surface area contributed by atoms with Crippen LogP contribution in [0.2, 0.25) is 0 Å². The SMILES string of the molecule is COC(=O)CC1c2cccc(F)c2N=C(c2ccc(-c3cccc(F)c3)cc2)N1c1cccc(C(F)(F)F)c1. The van der Waals surface area contributed by atoms with Crippen LogP contribution in [0.1, 0.15) is 29.2 Å². The summed E-state index contributed by atoms with van der Waals surface area (Å²) in [5, 5.41) is 0. The van der Waals surface area contributed by atoms with Gasteiger partial charge in [-0.05, 0) is 47.5 Å². The third kappa shape index (κ3) is 5.25. The molecule has 4 nitrogen and oxygen atoms in total. The van der Waals surface area contributed by atoms with Crippen LogP contribution in [0.15, 0.2) is 96.0 Å². The topological polar surface area (TPSA) is 41.9 Å².